The molecule has 1 atom stereocenters. The number of rotatable bonds is 4. The van der Waals surface area contributed by atoms with Gasteiger partial charge in [0.1, 0.15) is 0 Å². The summed E-state index contributed by atoms with van der Waals surface area (Å²) < 4.78 is 27.1. The highest BCUT2D eigenvalue weighted by Gasteiger charge is 2.36. The SMILES string of the molecule is O=[N+]([O-])c1ccc(S(=O)(=O)N2CCSC2c2ccccc2)cc1. The van der Waals surface area contributed by atoms with E-state index in [1.54, 1.807) is 11.8 Å². The van der Waals surface area contributed by atoms with Crippen LogP contribution in [0.25, 0.3) is 0 Å². The Morgan fingerprint density at radius 1 is 1.09 bits per heavy atom. The van der Waals surface area contributed by atoms with Crippen molar-refractivity contribution in [2.75, 3.05) is 12.3 Å². The molecule has 1 saturated heterocycles. The number of nitro benzene ring substituents is 1. The molecule has 1 unspecified atom stereocenters. The molecule has 0 aliphatic carbocycles. The van der Waals surface area contributed by atoms with E-state index in [0.29, 0.717) is 12.3 Å². The van der Waals surface area contributed by atoms with Gasteiger partial charge in [0, 0.05) is 24.4 Å². The van der Waals surface area contributed by atoms with Gasteiger partial charge in [-0.1, -0.05) is 30.3 Å². The summed E-state index contributed by atoms with van der Waals surface area (Å²) in [6, 6.07) is 14.5. The molecule has 3 rings (SSSR count). The van der Waals surface area contributed by atoms with Gasteiger partial charge in [-0.3, -0.25) is 10.1 Å². The maximum atomic E-state index is 12.8. The first-order chi connectivity index (χ1) is 11.0. The Morgan fingerprint density at radius 3 is 2.35 bits per heavy atom. The third-order valence-corrected chi connectivity index (χ3v) is 6.86. The summed E-state index contributed by atoms with van der Waals surface area (Å²) in [5.74, 6) is 0.714. The maximum absolute atomic E-state index is 12.8. The van der Waals surface area contributed by atoms with Gasteiger partial charge in [0.15, 0.2) is 0 Å². The van der Waals surface area contributed by atoms with Crippen LogP contribution < -0.4 is 0 Å². The lowest BCUT2D eigenvalue weighted by atomic mass is 10.2. The zero-order valence-corrected chi connectivity index (χ0v) is 13.7. The van der Waals surface area contributed by atoms with Gasteiger partial charge in [0.25, 0.3) is 5.69 Å². The zero-order chi connectivity index (χ0) is 16.4. The predicted octanol–water partition coefficient (Wildman–Crippen LogP) is 3.03. The van der Waals surface area contributed by atoms with Gasteiger partial charge in [-0.15, -0.1) is 11.8 Å². The molecule has 1 heterocycles. The number of sulfonamides is 1. The number of nitrogens with zero attached hydrogens (tertiary/aromatic N) is 2. The van der Waals surface area contributed by atoms with Gasteiger partial charge in [0.2, 0.25) is 10.0 Å². The highest BCUT2D eigenvalue weighted by atomic mass is 32.2. The van der Waals surface area contributed by atoms with Crippen molar-refractivity contribution in [3.8, 4) is 0 Å². The van der Waals surface area contributed by atoms with Crippen LogP contribution in [0.2, 0.25) is 0 Å². The minimum Gasteiger partial charge on any atom is -0.258 e. The minimum atomic E-state index is -3.69. The first-order valence-electron chi connectivity index (χ1n) is 6.93. The molecule has 120 valence electrons. The molecule has 0 saturated carbocycles. The number of hydrogen-bond acceptors (Lipinski definition) is 5. The predicted molar refractivity (Wildman–Crippen MR) is 88.6 cm³/mol. The van der Waals surface area contributed by atoms with Crippen LogP contribution in [0.4, 0.5) is 5.69 Å². The highest BCUT2D eigenvalue weighted by molar-refractivity contribution is 8.01. The van der Waals surface area contributed by atoms with Crippen molar-refractivity contribution in [1.29, 1.82) is 0 Å². The quantitative estimate of drug-likeness (QED) is 0.625. The van der Waals surface area contributed by atoms with Crippen molar-refractivity contribution in [1.82, 2.24) is 4.31 Å². The van der Waals surface area contributed by atoms with Crippen molar-refractivity contribution in [2.45, 2.75) is 10.3 Å². The summed E-state index contributed by atoms with van der Waals surface area (Å²) in [5, 5.41) is 10.4. The zero-order valence-electron chi connectivity index (χ0n) is 12.0. The number of thioether (sulfide) groups is 1. The Morgan fingerprint density at radius 2 is 1.74 bits per heavy atom. The van der Waals surface area contributed by atoms with E-state index in [1.807, 2.05) is 30.3 Å². The third-order valence-electron chi connectivity index (χ3n) is 3.59. The van der Waals surface area contributed by atoms with Crippen LogP contribution in [-0.2, 0) is 10.0 Å². The molecular formula is C15H14N2O4S2. The molecule has 8 heteroatoms. The van der Waals surface area contributed by atoms with Crippen LogP contribution in [0.3, 0.4) is 0 Å². The number of nitro groups is 1. The molecule has 0 spiro atoms. The van der Waals surface area contributed by atoms with Gasteiger partial charge in [-0.05, 0) is 17.7 Å². The summed E-state index contributed by atoms with van der Waals surface area (Å²) in [5.41, 5.74) is 0.805. The lowest BCUT2D eigenvalue weighted by Gasteiger charge is -2.23. The molecule has 2 aromatic carbocycles. The lowest BCUT2D eigenvalue weighted by molar-refractivity contribution is -0.384. The molecule has 1 fully saturated rings. The third kappa shape index (κ3) is 3.10. The van der Waals surface area contributed by atoms with Gasteiger partial charge < -0.3 is 0 Å². The smallest absolute Gasteiger partial charge is 0.258 e. The molecule has 0 aromatic heterocycles. The molecule has 2 aromatic rings. The number of benzene rings is 2. The van der Waals surface area contributed by atoms with Crippen LogP contribution >= 0.6 is 11.8 Å². The second-order valence-electron chi connectivity index (χ2n) is 5.00. The van der Waals surface area contributed by atoms with Gasteiger partial charge >= 0.3 is 0 Å². The maximum Gasteiger partial charge on any atom is 0.269 e. The Hall–Kier alpha value is -1.90. The van der Waals surface area contributed by atoms with E-state index in [-0.39, 0.29) is 16.0 Å². The summed E-state index contributed by atoms with van der Waals surface area (Å²) in [4.78, 5) is 10.2. The summed E-state index contributed by atoms with van der Waals surface area (Å²) in [6.45, 7) is 0.420. The average Bonchev–Trinajstić information content (AvgIpc) is 3.06. The van der Waals surface area contributed by atoms with Gasteiger partial charge in [-0.2, -0.15) is 4.31 Å². The fraction of sp³-hybridized carbons (Fsp3) is 0.200. The van der Waals surface area contributed by atoms with E-state index >= 15 is 0 Å². The molecule has 1 aliphatic heterocycles. The molecule has 1 aliphatic rings. The standard InChI is InChI=1S/C15H14N2O4S2/c18-17(19)13-6-8-14(9-7-13)23(20,21)16-10-11-22-15(16)12-4-2-1-3-5-12/h1-9,15H,10-11H2. The van der Waals surface area contributed by atoms with Crippen molar-refractivity contribution in [3.63, 3.8) is 0 Å². The molecule has 6 nitrogen and oxygen atoms in total. The Balaban J connectivity index is 1.93. The van der Waals surface area contributed by atoms with E-state index in [4.69, 9.17) is 0 Å². The highest BCUT2D eigenvalue weighted by Crippen LogP contribution is 2.41. The molecule has 0 amide bonds. The summed E-state index contributed by atoms with van der Waals surface area (Å²) >= 11 is 1.57. The Kier molecular flexibility index (Phi) is 4.38. The normalized spacial score (nSPS) is 18.9. The molecule has 0 N–H and O–H groups in total. The molecule has 0 radical (unpaired) electrons. The lowest BCUT2D eigenvalue weighted by Crippen LogP contribution is -2.30. The number of non-ortho nitro benzene ring substituents is 1. The largest absolute Gasteiger partial charge is 0.269 e. The van der Waals surface area contributed by atoms with E-state index < -0.39 is 14.9 Å². The van der Waals surface area contributed by atoms with Crippen molar-refractivity contribution < 1.29 is 13.3 Å². The van der Waals surface area contributed by atoms with E-state index in [9.17, 15) is 18.5 Å². The second kappa shape index (κ2) is 6.31. The average molecular weight is 350 g/mol. The molecule has 0 bridgehead atoms. The molecular weight excluding hydrogens is 336 g/mol. The Bertz CT molecular complexity index is 807. The number of hydrogen-bond donors (Lipinski definition) is 0. The summed E-state index contributed by atoms with van der Waals surface area (Å²) in [7, 11) is -3.69. The van der Waals surface area contributed by atoms with E-state index in [1.165, 1.54) is 28.6 Å². The van der Waals surface area contributed by atoms with Crippen LogP contribution in [-0.4, -0.2) is 29.9 Å². The van der Waals surface area contributed by atoms with E-state index in [0.717, 1.165) is 5.56 Å². The van der Waals surface area contributed by atoms with Gasteiger partial charge in [-0.25, -0.2) is 8.42 Å². The first kappa shape index (κ1) is 16.0. The first-order valence-corrected chi connectivity index (χ1v) is 9.42. The van der Waals surface area contributed by atoms with Crippen LogP contribution in [0, 0.1) is 10.1 Å². The van der Waals surface area contributed by atoms with Crippen LogP contribution in [0.15, 0.2) is 59.5 Å². The second-order valence-corrected chi connectivity index (χ2v) is 8.08. The van der Waals surface area contributed by atoms with E-state index in [2.05, 4.69) is 0 Å². The Labute approximate surface area is 138 Å². The van der Waals surface area contributed by atoms with Crippen molar-refractivity contribution >= 4 is 27.5 Å². The minimum absolute atomic E-state index is 0.0755. The van der Waals surface area contributed by atoms with Crippen molar-refractivity contribution in [2.24, 2.45) is 0 Å². The fourth-order valence-electron chi connectivity index (χ4n) is 2.46. The van der Waals surface area contributed by atoms with Crippen LogP contribution in [0.1, 0.15) is 10.9 Å². The van der Waals surface area contributed by atoms with Crippen molar-refractivity contribution in [3.05, 3.63) is 70.3 Å². The molecule has 23 heavy (non-hydrogen) atoms. The topological polar surface area (TPSA) is 80.5 Å². The van der Waals surface area contributed by atoms with Crippen LogP contribution in [0.5, 0.6) is 0 Å². The fourth-order valence-corrected chi connectivity index (χ4v) is 5.70. The monoisotopic (exact) mass is 350 g/mol. The van der Waals surface area contributed by atoms with Gasteiger partial charge in [0.05, 0.1) is 15.2 Å². The summed E-state index contributed by atoms with van der Waals surface area (Å²) in [6.07, 6.45) is 0.